The molecule has 0 aliphatic carbocycles. The van der Waals surface area contributed by atoms with Crippen molar-refractivity contribution in [3.05, 3.63) is 47.0 Å². The van der Waals surface area contributed by atoms with Crippen LogP contribution in [0.15, 0.2) is 35.9 Å². The minimum atomic E-state index is 0.353. The molecule has 0 heterocycles. The fourth-order valence-electron chi connectivity index (χ4n) is 1.87. The molecular weight excluding hydrogens is 206 g/mol. The summed E-state index contributed by atoms with van der Waals surface area (Å²) >= 11 is 0. The summed E-state index contributed by atoms with van der Waals surface area (Å²) in [4.78, 5) is 0. The zero-order valence-corrected chi connectivity index (χ0v) is 11.6. The summed E-state index contributed by atoms with van der Waals surface area (Å²) in [7, 11) is 0. The Labute approximate surface area is 106 Å². The Bertz CT molecular complexity index is 344. The number of hydrogen-bond acceptors (Lipinski definition) is 1. The van der Waals surface area contributed by atoms with Crippen molar-refractivity contribution in [1.29, 1.82) is 0 Å². The highest BCUT2D eigenvalue weighted by atomic mass is 14.9. The van der Waals surface area contributed by atoms with Crippen molar-refractivity contribution in [3.63, 3.8) is 0 Å². The first-order valence-electron chi connectivity index (χ1n) is 6.64. The van der Waals surface area contributed by atoms with Gasteiger partial charge in [-0.15, -0.1) is 0 Å². The van der Waals surface area contributed by atoms with E-state index in [1.54, 1.807) is 0 Å². The summed E-state index contributed by atoms with van der Waals surface area (Å²) in [6.07, 6.45) is 4.58. The molecule has 1 heteroatoms. The predicted octanol–water partition coefficient (Wildman–Crippen LogP) is 4.26. The third-order valence-corrected chi connectivity index (χ3v) is 2.86. The fourth-order valence-corrected chi connectivity index (χ4v) is 1.87. The molecule has 0 amide bonds. The van der Waals surface area contributed by atoms with E-state index in [9.17, 15) is 0 Å². The monoisotopic (exact) mass is 231 g/mol. The molecule has 1 rings (SSSR count). The first kappa shape index (κ1) is 14.0. The summed E-state index contributed by atoms with van der Waals surface area (Å²) in [6, 6.07) is 9.30. The van der Waals surface area contributed by atoms with Crippen LogP contribution in [0.5, 0.6) is 0 Å². The van der Waals surface area contributed by atoms with Crippen molar-refractivity contribution < 1.29 is 0 Å². The van der Waals surface area contributed by atoms with E-state index < -0.39 is 0 Å². The highest BCUT2D eigenvalue weighted by Crippen LogP contribution is 2.17. The van der Waals surface area contributed by atoms with Gasteiger partial charge in [0.25, 0.3) is 0 Å². The van der Waals surface area contributed by atoms with Crippen LogP contribution in [-0.2, 0) is 6.42 Å². The minimum Gasteiger partial charge on any atom is -0.307 e. The van der Waals surface area contributed by atoms with Crippen LogP contribution in [0, 0.1) is 0 Å². The van der Waals surface area contributed by atoms with E-state index in [2.05, 4.69) is 63.4 Å². The van der Waals surface area contributed by atoms with E-state index in [0.29, 0.717) is 6.04 Å². The summed E-state index contributed by atoms with van der Waals surface area (Å²) < 4.78 is 0. The molecular formula is C16H25N. The second-order valence-corrected chi connectivity index (χ2v) is 4.77. The van der Waals surface area contributed by atoms with Crippen LogP contribution in [0.1, 0.15) is 51.3 Å². The normalized spacial score (nSPS) is 12.2. The Morgan fingerprint density at radius 1 is 1.18 bits per heavy atom. The van der Waals surface area contributed by atoms with Gasteiger partial charge in [0.05, 0.1) is 6.04 Å². The number of rotatable bonds is 6. The van der Waals surface area contributed by atoms with Crippen LogP contribution in [0.3, 0.4) is 0 Å². The molecule has 0 bridgehead atoms. The third kappa shape index (κ3) is 4.74. The number of aryl methyl sites for hydroxylation is 1. The van der Waals surface area contributed by atoms with Crippen LogP contribution >= 0.6 is 0 Å². The standard InChI is InChI=1S/C16H25N/c1-5-11-17-16(12-13(3)4)15-9-7-14(6-2)8-10-15/h7-10,12,16-17H,5-6,11H2,1-4H3. The highest BCUT2D eigenvalue weighted by Gasteiger charge is 2.06. The minimum absolute atomic E-state index is 0.353. The molecule has 0 aliphatic heterocycles. The van der Waals surface area contributed by atoms with Gasteiger partial charge in [-0.25, -0.2) is 0 Å². The van der Waals surface area contributed by atoms with Crippen molar-refractivity contribution >= 4 is 0 Å². The van der Waals surface area contributed by atoms with Gasteiger partial charge in [0.2, 0.25) is 0 Å². The highest BCUT2D eigenvalue weighted by molar-refractivity contribution is 5.28. The van der Waals surface area contributed by atoms with Crippen LogP contribution < -0.4 is 5.32 Å². The number of allylic oxidation sites excluding steroid dienone is 1. The van der Waals surface area contributed by atoms with Gasteiger partial charge >= 0.3 is 0 Å². The maximum Gasteiger partial charge on any atom is 0.0508 e. The molecule has 17 heavy (non-hydrogen) atoms. The van der Waals surface area contributed by atoms with Gasteiger partial charge in [0.1, 0.15) is 0 Å². The summed E-state index contributed by atoms with van der Waals surface area (Å²) in [5, 5.41) is 3.58. The van der Waals surface area contributed by atoms with E-state index in [-0.39, 0.29) is 0 Å². The molecule has 1 unspecified atom stereocenters. The lowest BCUT2D eigenvalue weighted by atomic mass is 10.0. The van der Waals surface area contributed by atoms with Crippen molar-refractivity contribution in [2.24, 2.45) is 0 Å². The molecule has 0 radical (unpaired) electrons. The van der Waals surface area contributed by atoms with Gasteiger partial charge in [-0.3, -0.25) is 0 Å². The van der Waals surface area contributed by atoms with Gasteiger partial charge < -0.3 is 5.32 Å². The first-order valence-corrected chi connectivity index (χ1v) is 6.64. The van der Waals surface area contributed by atoms with E-state index in [4.69, 9.17) is 0 Å². The van der Waals surface area contributed by atoms with Gasteiger partial charge in [0, 0.05) is 0 Å². The molecule has 0 aliphatic rings. The zero-order chi connectivity index (χ0) is 12.7. The molecule has 0 spiro atoms. The molecule has 0 aromatic heterocycles. The Hall–Kier alpha value is -1.08. The van der Waals surface area contributed by atoms with Gasteiger partial charge in [-0.05, 0) is 44.4 Å². The summed E-state index contributed by atoms with van der Waals surface area (Å²) in [6.45, 7) is 9.76. The summed E-state index contributed by atoms with van der Waals surface area (Å²) in [5.41, 5.74) is 4.12. The topological polar surface area (TPSA) is 12.0 Å². The second-order valence-electron chi connectivity index (χ2n) is 4.77. The van der Waals surface area contributed by atoms with E-state index in [0.717, 1.165) is 13.0 Å². The lowest BCUT2D eigenvalue weighted by molar-refractivity contribution is 0.610. The second kappa shape index (κ2) is 7.29. The molecule has 1 aromatic rings. The molecule has 1 aromatic carbocycles. The molecule has 0 saturated carbocycles. The Morgan fingerprint density at radius 3 is 2.29 bits per heavy atom. The maximum absolute atomic E-state index is 3.58. The molecule has 1 atom stereocenters. The molecule has 0 fully saturated rings. The van der Waals surface area contributed by atoms with E-state index >= 15 is 0 Å². The first-order chi connectivity index (χ1) is 8.17. The average molecular weight is 231 g/mol. The van der Waals surface area contributed by atoms with Gasteiger partial charge in [-0.1, -0.05) is 49.8 Å². The van der Waals surface area contributed by atoms with Crippen LogP contribution in [-0.4, -0.2) is 6.54 Å². The quantitative estimate of drug-likeness (QED) is 0.721. The lowest BCUT2D eigenvalue weighted by Gasteiger charge is -2.16. The van der Waals surface area contributed by atoms with Crippen molar-refractivity contribution in [2.75, 3.05) is 6.54 Å². The Kier molecular flexibility index (Phi) is 5.99. The zero-order valence-electron chi connectivity index (χ0n) is 11.6. The van der Waals surface area contributed by atoms with Crippen molar-refractivity contribution in [1.82, 2.24) is 5.32 Å². The van der Waals surface area contributed by atoms with Crippen molar-refractivity contribution in [3.8, 4) is 0 Å². The Morgan fingerprint density at radius 2 is 1.82 bits per heavy atom. The smallest absolute Gasteiger partial charge is 0.0508 e. The van der Waals surface area contributed by atoms with Gasteiger partial charge in [-0.2, -0.15) is 0 Å². The predicted molar refractivity (Wildman–Crippen MR) is 76.3 cm³/mol. The van der Waals surface area contributed by atoms with E-state index in [1.807, 2.05) is 0 Å². The molecule has 1 N–H and O–H groups in total. The molecule has 94 valence electrons. The largest absolute Gasteiger partial charge is 0.307 e. The fraction of sp³-hybridized carbons (Fsp3) is 0.500. The lowest BCUT2D eigenvalue weighted by Crippen LogP contribution is -2.20. The third-order valence-electron chi connectivity index (χ3n) is 2.86. The molecule has 0 saturated heterocycles. The molecule has 1 nitrogen and oxygen atoms in total. The van der Waals surface area contributed by atoms with Crippen LogP contribution in [0.2, 0.25) is 0 Å². The maximum atomic E-state index is 3.58. The number of hydrogen-bond donors (Lipinski definition) is 1. The van der Waals surface area contributed by atoms with Crippen LogP contribution in [0.4, 0.5) is 0 Å². The average Bonchev–Trinajstić information content (AvgIpc) is 2.34. The van der Waals surface area contributed by atoms with E-state index in [1.165, 1.54) is 23.1 Å². The van der Waals surface area contributed by atoms with Gasteiger partial charge in [0.15, 0.2) is 0 Å². The number of nitrogens with one attached hydrogen (secondary N) is 1. The Balaban J connectivity index is 2.83. The summed E-state index contributed by atoms with van der Waals surface area (Å²) in [5.74, 6) is 0. The number of benzene rings is 1. The van der Waals surface area contributed by atoms with Crippen molar-refractivity contribution in [2.45, 2.75) is 46.6 Å². The van der Waals surface area contributed by atoms with Crippen LogP contribution in [0.25, 0.3) is 0 Å². The SMILES string of the molecule is CCCNC(C=C(C)C)c1ccc(CC)cc1.